The first-order chi connectivity index (χ1) is 15.4. The van der Waals surface area contributed by atoms with Crippen LogP contribution >= 0.6 is 0 Å². The van der Waals surface area contributed by atoms with Gasteiger partial charge in [-0.25, -0.2) is 4.79 Å². The molecule has 0 fully saturated rings. The molecule has 1 aliphatic rings. The van der Waals surface area contributed by atoms with Crippen molar-refractivity contribution < 1.29 is 14.5 Å². The van der Waals surface area contributed by atoms with Crippen molar-refractivity contribution >= 4 is 11.7 Å². The summed E-state index contributed by atoms with van der Waals surface area (Å²) in [5, 5.41) is 14.3. The minimum absolute atomic E-state index is 0.0114. The van der Waals surface area contributed by atoms with Gasteiger partial charge < -0.3 is 10.1 Å². The number of nitrogens with one attached hydrogen (secondary N) is 1. The standard InChI is InChI=1S/C25H25N3O4/c1-4-5-6-7-13-32-25(29)24-18(3)27-17(2)14-22(24)20-11-12-23(26-16-20)19-9-8-10-21(15-19)28(30)31/h4-12,14-16,22,27H,13H2,1-3H3/b5-4+,7-6+. The fourth-order valence-electron chi connectivity index (χ4n) is 3.50. The number of allylic oxidation sites excluding steroid dienone is 6. The van der Waals surface area contributed by atoms with E-state index in [1.807, 2.05) is 51.1 Å². The van der Waals surface area contributed by atoms with Crippen LogP contribution in [0.2, 0.25) is 0 Å². The third-order valence-electron chi connectivity index (χ3n) is 4.98. The highest BCUT2D eigenvalue weighted by molar-refractivity contribution is 5.92. The molecule has 7 nitrogen and oxygen atoms in total. The topological polar surface area (TPSA) is 94.4 Å². The third kappa shape index (κ3) is 5.37. The zero-order chi connectivity index (χ0) is 23.1. The molecule has 0 saturated carbocycles. The molecule has 1 unspecified atom stereocenters. The number of esters is 1. The van der Waals surface area contributed by atoms with Crippen LogP contribution in [0, 0.1) is 10.1 Å². The van der Waals surface area contributed by atoms with Crippen LogP contribution in [0.25, 0.3) is 11.3 Å². The first-order valence-corrected chi connectivity index (χ1v) is 10.2. The Labute approximate surface area is 187 Å². The van der Waals surface area contributed by atoms with Crippen LogP contribution in [0.5, 0.6) is 0 Å². The maximum atomic E-state index is 12.8. The van der Waals surface area contributed by atoms with E-state index >= 15 is 0 Å². The number of hydrogen-bond acceptors (Lipinski definition) is 6. The van der Waals surface area contributed by atoms with Crippen LogP contribution in [0.15, 0.2) is 89.9 Å². The van der Waals surface area contributed by atoms with Gasteiger partial charge in [0.25, 0.3) is 5.69 Å². The third-order valence-corrected chi connectivity index (χ3v) is 4.98. The highest BCUT2D eigenvalue weighted by Crippen LogP contribution is 2.33. The Morgan fingerprint density at radius 3 is 2.75 bits per heavy atom. The van der Waals surface area contributed by atoms with E-state index in [1.165, 1.54) is 12.1 Å². The summed E-state index contributed by atoms with van der Waals surface area (Å²) < 4.78 is 5.44. The lowest BCUT2D eigenvalue weighted by molar-refractivity contribution is -0.384. The Balaban J connectivity index is 1.85. The van der Waals surface area contributed by atoms with Crippen molar-refractivity contribution in [3.63, 3.8) is 0 Å². The number of aromatic nitrogens is 1. The van der Waals surface area contributed by atoms with Crippen molar-refractivity contribution in [2.45, 2.75) is 26.7 Å². The average molecular weight is 431 g/mol. The summed E-state index contributed by atoms with van der Waals surface area (Å²) >= 11 is 0. The van der Waals surface area contributed by atoms with Crippen LogP contribution in [0.4, 0.5) is 5.69 Å². The highest BCUT2D eigenvalue weighted by Gasteiger charge is 2.28. The molecule has 1 N–H and O–H groups in total. The number of pyridine rings is 1. The zero-order valence-corrected chi connectivity index (χ0v) is 18.2. The first-order valence-electron chi connectivity index (χ1n) is 10.2. The lowest BCUT2D eigenvalue weighted by atomic mass is 9.87. The number of ether oxygens (including phenoxy) is 1. The normalized spacial score (nSPS) is 16.2. The van der Waals surface area contributed by atoms with Gasteiger partial charge in [-0.3, -0.25) is 15.1 Å². The second kappa shape index (κ2) is 10.3. The largest absolute Gasteiger partial charge is 0.458 e. The van der Waals surface area contributed by atoms with Crippen molar-refractivity contribution in [2.75, 3.05) is 6.61 Å². The van der Waals surface area contributed by atoms with Crippen LogP contribution in [0.3, 0.4) is 0 Å². The van der Waals surface area contributed by atoms with Crippen molar-refractivity contribution in [1.29, 1.82) is 0 Å². The summed E-state index contributed by atoms with van der Waals surface area (Å²) in [4.78, 5) is 28.0. The number of carbonyl (C=O) groups excluding carboxylic acids is 1. The molecule has 1 atom stereocenters. The Morgan fingerprint density at radius 2 is 2.06 bits per heavy atom. The van der Waals surface area contributed by atoms with Gasteiger partial charge in [-0.2, -0.15) is 0 Å². The summed E-state index contributed by atoms with van der Waals surface area (Å²) in [6, 6.07) is 10.0. The fourth-order valence-corrected chi connectivity index (χ4v) is 3.50. The van der Waals surface area contributed by atoms with Crippen molar-refractivity contribution in [3.05, 3.63) is 106 Å². The predicted octanol–water partition coefficient (Wildman–Crippen LogP) is 5.20. The van der Waals surface area contributed by atoms with Crippen LogP contribution < -0.4 is 5.32 Å². The smallest absolute Gasteiger partial charge is 0.337 e. The molecule has 1 aromatic heterocycles. The molecule has 1 aromatic carbocycles. The van der Waals surface area contributed by atoms with Gasteiger partial charge in [0.2, 0.25) is 0 Å². The maximum Gasteiger partial charge on any atom is 0.337 e. The molecule has 0 saturated heterocycles. The Hall–Kier alpha value is -4.00. The molecule has 0 bridgehead atoms. The Bertz CT molecular complexity index is 1130. The molecule has 1 aliphatic heterocycles. The number of nitro benzene ring substituents is 1. The quantitative estimate of drug-likeness (QED) is 0.280. The number of non-ortho nitro benzene ring substituents is 1. The molecule has 0 radical (unpaired) electrons. The lowest BCUT2D eigenvalue weighted by Gasteiger charge is -2.25. The monoisotopic (exact) mass is 431 g/mol. The number of dihydropyridines is 1. The van der Waals surface area contributed by atoms with E-state index in [0.29, 0.717) is 16.8 Å². The number of nitro groups is 1. The molecule has 0 spiro atoms. The van der Waals surface area contributed by atoms with Gasteiger partial charge in [0.15, 0.2) is 0 Å². The van der Waals surface area contributed by atoms with E-state index in [1.54, 1.807) is 30.5 Å². The maximum absolute atomic E-state index is 12.8. The van der Waals surface area contributed by atoms with Gasteiger partial charge >= 0.3 is 5.97 Å². The number of benzene rings is 1. The minimum atomic E-state index is -0.431. The van der Waals surface area contributed by atoms with Crippen molar-refractivity contribution in [2.24, 2.45) is 0 Å². The molecule has 32 heavy (non-hydrogen) atoms. The number of hydrogen-bond donors (Lipinski definition) is 1. The minimum Gasteiger partial charge on any atom is -0.458 e. The second-order valence-corrected chi connectivity index (χ2v) is 7.33. The molecule has 0 aliphatic carbocycles. The molecule has 2 heterocycles. The van der Waals surface area contributed by atoms with Gasteiger partial charge in [-0.1, -0.05) is 42.5 Å². The van der Waals surface area contributed by atoms with Crippen molar-refractivity contribution in [1.82, 2.24) is 10.3 Å². The van der Waals surface area contributed by atoms with E-state index in [2.05, 4.69) is 10.3 Å². The number of nitrogens with zero attached hydrogens (tertiary/aromatic N) is 2. The molecule has 0 amide bonds. The summed E-state index contributed by atoms with van der Waals surface area (Å²) in [5.74, 6) is -0.702. The van der Waals surface area contributed by atoms with E-state index in [4.69, 9.17) is 4.74 Å². The Kier molecular flexibility index (Phi) is 7.33. The second-order valence-electron chi connectivity index (χ2n) is 7.33. The summed E-state index contributed by atoms with van der Waals surface area (Å²) in [7, 11) is 0. The van der Waals surface area contributed by atoms with Crippen LogP contribution in [0.1, 0.15) is 32.3 Å². The fraction of sp³-hybridized carbons (Fsp3) is 0.200. The number of rotatable bonds is 7. The molecule has 164 valence electrons. The summed E-state index contributed by atoms with van der Waals surface area (Å²) in [5.41, 5.74) is 4.31. The predicted molar refractivity (Wildman–Crippen MR) is 124 cm³/mol. The van der Waals surface area contributed by atoms with Gasteiger partial charge in [-0.15, -0.1) is 0 Å². The van der Waals surface area contributed by atoms with Gasteiger partial charge in [0.05, 0.1) is 16.2 Å². The number of carbonyl (C=O) groups is 1. The molecule has 2 aromatic rings. The van der Waals surface area contributed by atoms with Gasteiger partial charge in [0, 0.05) is 41.2 Å². The SMILES string of the molecule is C/C=C/C=C/COC(=O)C1=C(C)NC(C)=CC1c1ccc(-c2cccc([N+](=O)[O-])c2)nc1. The first kappa shape index (κ1) is 22.7. The molecular formula is C25H25N3O4. The van der Waals surface area contributed by atoms with Crippen molar-refractivity contribution in [3.8, 4) is 11.3 Å². The van der Waals surface area contributed by atoms with E-state index in [-0.39, 0.29) is 18.2 Å². The molecular weight excluding hydrogens is 406 g/mol. The zero-order valence-electron chi connectivity index (χ0n) is 18.2. The molecule has 7 heteroatoms. The summed E-state index contributed by atoms with van der Waals surface area (Å²) in [6.45, 7) is 5.87. The van der Waals surface area contributed by atoms with E-state index in [9.17, 15) is 14.9 Å². The lowest BCUT2D eigenvalue weighted by Crippen LogP contribution is -2.25. The average Bonchev–Trinajstić information content (AvgIpc) is 2.78. The highest BCUT2D eigenvalue weighted by atomic mass is 16.6. The van der Waals surface area contributed by atoms with Crippen LogP contribution in [-0.2, 0) is 9.53 Å². The Morgan fingerprint density at radius 1 is 1.25 bits per heavy atom. The summed E-state index contributed by atoms with van der Waals surface area (Å²) in [6.07, 6.45) is 11.0. The van der Waals surface area contributed by atoms with Gasteiger partial charge in [-0.05, 0) is 38.5 Å². The van der Waals surface area contributed by atoms with E-state index in [0.717, 1.165) is 17.0 Å². The van der Waals surface area contributed by atoms with E-state index < -0.39 is 10.9 Å². The van der Waals surface area contributed by atoms with Crippen LogP contribution in [-0.4, -0.2) is 22.5 Å². The molecule has 3 rings (SSSR count). The van der Waals surface area contributed by atoms with Gasteiger partial charge in [0.1, 0.15) is 6.61 Å².